The van der Waals surface area contributed by atoms with Crippen LogP contribution in [0.3, 0.4) is 0 Å². The lowest BCUT2D eigenvalue weighted by Crippen LogP contribution is -2.40. The first-order chi connectivity index (χ1) is 15.2. The molecule has 2 N–H and O–H groups in total. The fourth-order valence-electron chi connectivity index (χ4n) is 3.91. The summed E-state index contributed by atoms with van der Waals surface area (Å²) < 4.78 is 18.4. The lowest BCUT2D eigenvalue weighted by molar-refractivity contribution is -0.123. The maximum Gasteiger partial charge on any atom is 0.246 e. The number of aryl methyl sites for hydroxylation is 1. The molecule has 0 spiro atoms. The average Bonchev–Trinajstić information content (AvgIpc) is 3.44. The summed E-state index contributed by atoms with van der Waals surface area (Å²) in [5.41, 5.74) is 2.21. The quantitative estimate of drug-likeness (QED) is 0.449. The number of rotatable bonds is 13. The maximum absolute atomic E-state index is 13.2. The maximum atomic E-state index is 13.2. The van der Waals surface area contributed by atoms with Gasteiger partial charge in [-0.05, 0) is 18.4 Å². The summed E-state index contributed by atoms with van der Waals surface area (Å²) in [7, 11) is 0. The molecule has 1 amide bonds. The first-order valence-corrected chi connectivity index (χ1v) is 11.7. The average molecular weight is 431 g/mol. The van der Waals surface area contributed by atoms with Crippen molar-refractivity contribution in [2.24, 2.45) is 0 Å². The van der Waals surface area contributed by atoms with Crippen LogP contribution >= 0.6 is 0 Å². The highest BCUT2D eigenvalue weighted by Crippen LogP contribution is 2.18. The highest BCUT2D eigenvalue weighted by atomic mass is 19.1. The molecule has 0 aliphatic carbocycles. The van der Waals surface area contributed by atoms with Crippen molar-refractivity contribution in [3.8, 4) is 11.4 Å². The molecule has 2 heterocycles. The highest BCUT2D eigenvalue weighted by molar-refractivity contribution is 5.82. The Labute approximate surface area is 184 Å². The standard InChI is InChI=1S/C24H35FN4O2/c1-2-3-4-5-6-7-8-9-10-18-11-13-19(14-12-18)23-28-22(31-29-23)17-27-24(30)21-15-20(25)16-26-21/h11-14,20-21,26H,2-10,15-17H2,1H3,(H,27,30). The molecule has 1 aliphatic heterocycles. The van der Waals surface area contributed by atoms with Gasteiger partial charge in [0.15, 0.2) is 0 Å². The molecule has 31 heavy (non-hydrogen) atoms. The van der Waals surface area contributed by atoms with Crippen LogP contribution in [0.15, 0.2) is 28.8 Å². The summed E-state index contributed by atoms with van der Waals surface area (Å²) in [6.45, 7) is 2.61. The number of unbranched alkanes of at least 4 members (excludes halogenated alkanes) is 7. The molecular formula is C24H35FN4O2. The molecule has 2 aromatic rings. The van der Waals surface area contributed by atoms with Crippen molar-refractivity contribution < 1.29 is 13.7 Å². The number of amides is 1. The van der Waals surface area contributed by atoms with E-state index in [1.54, 1.807) is 0 Å². The molecule has 6 nitrogen and oxygen atoms in total. The number of nitrogens with zero attached hydrogens (tertiary/aromatic N) is 2. The Morgan fingerprint density at radius 1 is 1.13 bits per heavy atom. The number of halogens is 1. The first-order valence-electron chi connectivity index (χ1n) is 11.7. The second-order valence-corrected chi connectivity index (χ2v) is 8.45. The van der Waals surface area contributed by atoms with E-state index in [0.29, 0.717) is 11.7 Å². The van der Waals surface area contributed by atoms with Gasteiger partial charge in [-0.25, -0.2) is 4.39 Å². The Balaban J connectivity index is 1.37. The van der Waals surface area contributed by atoms with E-state index in [1.807, 2.05) is 12.1 Å². The number of hydrogen-bond acceptors (Lipinski definition) is 5. The van der Waals surface area contributed by atoms with Crippen molar-refractivity contribution in [3.63, 3.8) is 0 Å². The van der Waals surface area contributed by atoms with Crippen LogP contribution in [0, 0.1) is 0 Å². The van der Waals surface area contributed by atoms with Gasteiger partial charge in [0.05, 0.1) is 12.6 Å². The smallest absolute Gasteiger partial charge is 0.246 e. The molecule has 2 unspecified atom stereocenters. The van der Waals surface area contributed by atoms with E-state index in [9.17, 15) is 9.18 Å². The SMILES string of the molecule is CCCCCCCCCCc1ccc(-c2noc(CNC(=O)C3CC(F)CN3)n2)cc1. The van der Waals surface area contributed by atoms with Gasteiger partial charge >= 0.3 is 0 Å². The van der Waals surface area contributed by atoms with Gasteiger partial charge in [0.2, 0.25) is 17.6 Å². The van der Waals surface area contributed by atoms with Gasteiger partial charge in [-0.1, -0.05) is 81.3 Å². The molecule has 1 aromatic heterocycles. The third kappa shape index (κ3) is 7.73. The van der Waals surface area contributed by atoms with Crippen LogP contribution in [0.25, 0.3) is 11.4 Å². The highest BCUT2D eigenvalue weighted by Gasteiger charge is 2.29. The number of nitrogens with one attached hydrogen (secondary N) is 2. The zero-order chi connectivity index (χ0) is 21.9. The van der Waals surface area contributed by atoms with Crippen molar-refractivity contribution in [2.45, 2.75) is 89.9 Å². The molecule has 7 heteroatoms. The molecule has 0 radical (unpaired) electrons. The number of aromatic nitrogens is 2. The Hall–Kier alpha value is -2.28. The van der Waals surface area contributed by atoms with E-state index in [-0.39, 0.29) is 25.4 Å². The first kappa shape index (κ1) is 23.4. The second-order valence-electron chi connectivity index (χ2n) is 8.45. The Morgan fingerprint density at radius 3 is 2.52 bits per heavy atom. The molecule has 1 aliphatic rings. The molecule has 0 bridgehead atoms. The van der Waals surface area contributed by atoms with Crippen LogP contribution in [0.5, 0.6) is 0 Å². The fraction of sp³-hybridized carbons (Fsp3) is 0.625. The predicted molar refractivity (Wildman–Crippen MR) is 119 cm³/mol. The fourth-order valence-corrected chi connectivity index (χ4v) is 3.91. The minimum absolute atomic E-state index is 0.136. The van der Waals surface area contributed by atoms with E-state index in [0.717, 1.165) is 12.0 Å². The lowest BCUT2D eigenvalue weighted by Gasteiger charge is -2.08. The van der Waals surface area contributed by atoms with Crippen LogP contribution in [0.4, 0.5) is 4.39 Å². The van der Waals surface area contributed by atoms with Gasteiger partial charge in [-0.15, -0.1) is 0 Å². The molecule has 2 atom stereocenters. The van der Waals surface area contributed by atoms with E-state index in [2.05, 4.69) is 39.8 Å². The third-order valence-corrected chi connectivity index (χ3v) is 5.81. The monoisotopic (exact) mass is 430 g/mol. The summed E-state index contributed by atoms with van der Waals surface area (Å²) in [6, 6.07) is 7.76. The normalized spacial score (nSPS) is 18.4. The number of carbonyl (C=O) groups is 1. The molecule has 3 rings (SSSR count). The van der Waals surface area contributed by atoms with E-state index in [4.69, 9.17) is 4.52 Å². The van der Waals surface area contributed by atoms with E-state index in [1.165, 1.54) is 56.9 Å². The van der Waals surface area contributed by atoms with Crippen molar-refractivity contribution >= 4 is 5.91 Å². The lowest BCUT2D eigenvalue weighted by atomic mass is 10.0. The van der Waals surface area contributed by atoms with Crippen LogP contribution < -0.4 is 10.6 Å². The van der Waals surface area contributed by atoms with Gasteiger partial charge in [0.1, 0.15) is 6.17 Å². The van der Waals surface area contributed by atoms with Crippen LogP contribution in [-0.2, 0) is 17.8 Å². The zero-order valence-corrected chi connectivity index (χ0v) is 18.5. The summed E-state index contributed by atoms with van der Waals surface area (Å²) in [6.07, 6.45) is 10.9. The summed E-state index contributed by atoms with van der Waals surface area (Å²) in [5, 5.41) is 9.58. The number of benzene rings is 1. The van der Waals surface area contributed by atoms with Gasteiger partial charge < -0.3 is 15.2 Å². The molecule has 1 aromatic carbocycles. The minimum Gasteiger partial charge on any atom is -0.346 e. The predicted octanol–water partition coefficient (Wildman–Crippen LogP) is 4.74. The Bertz CT molecular complexity index is 793. The van der Waals surface area contributed by atoms with Crippen molar-refractivity contribution in [2.75, 3.05) is 6.54 Å². The molecular weight excluding hydrogens is 395 g/mol. The minimum atomic E-state index is -0.968. The largest absolute Gasteiger partial charge is 0.346 e. The van der Waals surface area contributed by atoms with Crippen LogP contribution in [0.2, 0.25) is 0 Å². The zero-order valence-electron chi connectivity index (χ0n) is 18.5. The van der Waals surface area contributed by atoms with Crippen molar-refractivity contribution in [1.82, 2.24) is 20.8 Å². The van der Waals surface area contributed by atoms with E-state index >= 15 is 0 Å². The van der Waals surface area contributed by atoms with Crippen LogP contribution in [-0.4, -0.2) is 34.8 Å². The number of alkyl halides is 1. The van der Waals surface area contributed by atoms with Gasteiger partial charge in [0, 0.05) is 18.5 Å². The molecule has 1 fully saturated rings. The molecule has 170 valence electrons. The van der Waals surface area contributed by atoms with Crippen LogP contribution in [0.1, 0.15) is 76.2 Å². The summed E-state index contributed by atoms with van der Waals surface area (Å²) in [5.74, 6) is 0.595. The summed E-state index contributed by atoms with van der Waals surface area (Å²) >= 11 is 0. The topological polar surface area (TPSA) is 80.0 Å². The number of hydrogen-bond donors (Lipinski definition) is 2. The second kappa shape index (κ2) is 12.5. The van der Waals surface area contributed by atoms with Gasteiger partial charge in [-0.2, -0.15) is 4.98 Å². The molecule has 0 saturated carbocycles. The van der Waals surface area contributed by atoms with Gasteiger partial charge in [-0.3, -0.25) is 4.79 Å². The van der Waals surface area contributed by atoms with E-state index < -0.39 is 12.2 Å². The Morgan fingerprint density at radius 2 is 1.84 bits per heavy atom. The third-order valence-electron chi connectivity index (χ3n) is 5.81. The van der Waals surface area contributed by atoms with Crippen molar-refractivity contribution in [1.29, 1.82) is 0 Å². The number of carbonyl (C=O) groups excluding carboxylic acids is 1. The molecule has 1 saturated heterocycles. The van der Waals surface area contributed by atoms with Crippen molar-refractivity contribution in [3.05, 3.63) is 35.7 Å². The Kier molecular flexibility index (Phi) is 9.46. The summed E-state index contributed by atoms with van der Waals surface area (Å²) in [4.78, 5) is 16.4. The van der Waals surface area contributed by atoms with Gasteiger partial charge in [0.25, 0.3) is 0 Å².